The summed E-state index contributed by atoms with van der Waals surface area (Å²) in [5.41, 5.74) is 4.04. The number of hydrazine groups is 1. The monoisotopic (exact) mass is 236 g/mol. The largest absolute Gasteiger partial charge is 0.491 e. The van der Waals surface area contributed by atoms with E-state index in [9.17, 15) is 0 Å². The van der Waals surface area contributed by atoms with E-state index in [4.69, 9.17) is 10.6 Å². The Morgan fingerprint density at radius 1 is 1.24 bits per heavy atom. The summed E-state index contributed by atoms with van der Waals surface area (Å²) in [6.07, 6.45) is 1.25. The van der Waals surface area contributed by atoms with E-state index in [1.165, 1.54) is 0 Å². The molecule has 1 aromatic rings. The van der Waals surface area contributed by atoms with Crippen molar-refractivity contribution in [1.29, 1.82) is 0 Å². The lowest BCUT2D eigenvalue weighted by atomic mass is 9.92. The van der Waals surface area contributed by atoms with Gasteiger partial charge in [-0.3, -0.25) is 11.3 Å². The second kappa shape index (κ2) is 6.62. The highest BCUT2D eigenvalue weighted by Gasteiger charge is 2.20. The molecular formula is C14H24N2O. The maximum absolute atomic E-state index is 5.83. The van der Waals surface area contributed by atoms with E-state index in [0.29, 0.717) is 5.92 Å². The molecule has 0 amide bonds. The SMILES string of the molecule is CCC(C)C(NN)c1ccccc1OC(C)C. The number of nitrogens with two attached hydrogens (primary N) is 1. The molecule has 3 N–H and O–H groups in total. The number of hydrogen-bond donors (Lipinski definition) is 2. The number of rotatable bonds is 6. The fourth-order valence-electron chi connectivity index (χ4n) is 1.89. The zero-order valence-corrected chi connectivity index (χ0v) is 11.2. The molecule has 0 aromatic heterocycles. The zero-order chi connectivity index (χ0) is 12.8. The standard InChI is InChI=1S/C14H24N2O/c1-5-11(4)14(16-15)12-8-6-7-9-13(12)17-10(2)3/h6-11,14,16H,5,15H2,1-4H3. The molecule has 0 radical (unpaired) electrons. The third-order valence-corrected chi connectivity index (χ3v) is 3.01. The molecule has 2 atom stereocenters. The van der Waals surface area contributed by atoms with Gasteiger partial charge in [0.25, 0.3) is 0 Å². The molecule has 1 rings (SSSR count). The first-order chi connectivity index (χ1) is 8.10. The summed E-state index contributed by atoms with van der Waals surface area (Å²) in [4.78, 5) is 0. The number of nitrogens with one attached hydrogen (secondary N) is 1. The molecule has 0 bridgehead atoms. The van der Waals surface area contributed by atoms with Crippen molar-refractivity contribution in [2.75, 3.05) is 0 Å². The Bertz CT molecular complexity index is 339. The average Bonchev–Trinajstić information content (AvgIpc) is 2.31. The second-order valence-electron chi connectivity index (χ2n) is 4.73. The molecule has 0 aliphatic rings. The van der Waals surface area contributed by atoms with Crippen molar-refractivity contribution in [1.82, 2.24) is 5.43 Å². The van der Waals surface area contributed by atoms with Crippen molar-refractivity contribution in [3.8, 4) is 5.75 Å². The highest BCUT2D eigenvalue weighted by atomic mass is 16.5. The molecule has 96 valence electrons. The molecule has 2 unspecified atom stereocenters. The first-order valence-corrected chi connectivity index (χ1v) is 6.31. The van der Waals surface area contributed by atoms with Gasteiger partial charge >= 0.3 is 0 Å². The van der Waals surface area contributed by atoms with Crippen LogP contribution in [0.3, 0.4) is 0 Å². The van der Waals surface area contributed by atoms with Gasteiger partial charge in [0.1, 0.15) is 5.75 Å². The van der Waals surface area contributed by atoms with Crippen LogP contribution in [0.5, 0.6) is 5.75 Å². The molecule has 0 fully saturated rings. The van der Waals surface area contributed by atoms with Crippen LogP contribution in [0.2, 0.25) is 0 Å². The molecule has 3 nitrogen and oxygen atoms in total. The topological polar surface area (TPSA) is 47.3 Å². The van der Waals surface area contributed by atoms with Crippen molar-refractivity contribution in [3.63, 3.8) is 0 Å². The van der Waals surface area contributed by atoms with Crippen LogP contribution in [0.15, 0.2) is 24.3 Å². The first-order valence-electron chi connectivity index (χ1n) is 6.31. The Hall–Kier alpha value is -1.06. The molecule has 3 heteroatoms. The lowest BCUT2D eigenvalue weighted by Gasteiger charge is -2.25. The van der Waals surface area contributed by atoms with E-state index in [-0.39, 0.29) is 12.1 Å². The minimum atomic E-state index is 0.134. The molecule has 0 heterocycles. The second-order valence-corrected chi connectivity index (χ2v) is 4.73. The third-order valence-electron chi connectivity index (χ3n) is 3.01. The van der Waals surface area contributed by atoms with Crippen molar-refractivity contribution in [2.24, 2.45) is 11.8 Å². The smallest absolute Gasteiger partial charge is 0.124 e. The van der Waals surface area contributed by atoms with Crippen LogP contribution in [0.1, 0.15) is 45.7 Å². The summed E-state index contributed by atoms with van der Waals surface area (Å²) in [5, 5.41) is 0. The number of hydrogen-bond acceptors (Lipinski definition) is 3. The van der Waals surface area contributed by atoms with Gasteiger partial charge in [-0.05, 0) is 25.8 Å². The average molecular weight is 236 g/mol. The molecule has 0 spiro atoms. The molecule has 1 aromatic carbocycles. The highest BCUT2D eigenvalue weighted by molar-refractivity contribution is 5.36. The van der Waals surface area contributed by atoms with E-state index in [1.807, 2.05) is 32.0 Å². The molecular weight excluding hydrogens is 212 g/mol. The van der Waals surface area contributed by atoms with Crippen LogP contribution in [0, 0.1) is 5.92 Å². The van der Waals surface area contributed by atoms with Crippen LogP contribution in [0.4, 0.5) is 0 Å². The Kier molecular flexibility index (Phi) is 5.45. The molecule has 0 aliphatic heterocycles. The van der Waals surface area contributed by atoms with Crippen LogP contribution in [-0.4, -0.2) is 6.10 Å². The molecule has 0 saturated heterocycles. The van der Waals surface area contributed by atoms with Gasteiger partial charge in [-0.1, -0.05) is 38.5 Å². The first kappa shape index (κ1) is 14.0. The summed E-state index contributed by atoms with van der Waals surface area (Å²) in [7, 11) is 0. The molecule has 0 aliphatic carbocycles. The Morgan fingerprint density at radius 2 is 1.88 bits per heavy atom. The Morgan fingerprint density at radius 3 is 2.41 bits per heavy atom. The van der Waals surface area contributed by atoms with Gasteiger partial charge in [-0.15, -0.1) is 0 Å². The van der Waals surface area contributed by atoms with Gasteiger partial charge in [0, 0.05) is 5.56 Å². The minimum absolute atomic E-state index is 0.134. The van der Waals surface area contributed by atoms with Crippen LogP contribution >= 0.6 is 0 Å². The predicted molar refractivity (Wildman–Crippen MR) is 71.7 cm³/mol. The summed E-state index contributed by atoms with van der Waals surface area (Å²) in [6.45, 7) is 8.42. The zero-order valence-electron chi connectivity index (χ0n) is 11.2. The van der Waals surface area contributed by atoms with Crippen molar-refractivity contribution < 1.29 is 4.74 Å². The van der Waals surface area contributed by atoms with Gasteiger partial charge in [0.05, 0.1) is 12.1 Å². The molecule has 0 saturated carbocycles. The van der Waals surface area contributed by atoms with E-state index in [1.54, 1.807) is 0 Å². The van der Waals surface area contributed by atoms with E-state index in [0.717, 1.165) is 17.7 Å². The quantitative estimate of drug-likeness (QED) is 0.589. The van der Waals surface area contributed by atoms with Gasteiger partial charge in [-0.25, -0.2) is 0 Å². The predicted octanol–water partition coefficient (Wildman–Crippen LogP) is 3.02. The van der Waals surface area contributed by atoms with Crippen LogP contribution in [0.25, 0.3) is 0 Å². The normalized spacial score (nSPS) is 14.7. The lowest BCUT2D eigenvalue weighted by Crippen LogP contribution is -2.32. The fourth-order valence-corrected chi connectivity index (χ4v) is 1.89. The van der Waals surface area contributed by atoms with Crippen molar-refractivity contribution >= 4 is 0 Å². The number of ether oxygens (including phenoxy) is 1. The maximum Gasteiger partial charge on any atom is 0.124 e. The third kappa shape index (κ3) is 3.72. The van der Waals surface area contributed by atoms with Gasteiger partial charge < -0.3 is 4.74 Å². The van der Waals surface area contributed by atoms with E-state index >= 15 is 0 Å². The number of benzene rings is 1. The number of para-hydroxylation sites is 1. The van der Waals surface area contributed by atoms with Crippen LogP contribution < -0.4 is 16.0 Å². The van der Waals surface area contributed by atoms with Crippen molar-refractivity contribution in [3.05, 3.63) is 29.8 Å². The van der Waals surface area contributed by atoms with Gasteiger partial charge in [0.15, 0.2) is 0 Å². The Balaban J connectivity index is 3.01. The van der Waals surface area contributed by atoms with E-state index in [2.05, 4.69) is 25.3 Å². The van der Waals surface area contributed by atoms with Crippen molar-refractivity contribution in [2.45, 2.75) is 46.3 Å². The minimum Gasteiger partial charge on any atom is -0.491 e. The summed E-state index contributed by atoms with van der Waals surface area (Å²) in [5.74, 6) is 7.07. The van der Waals surface area contributed by atoms with Crippen LogP contribution in [-0.2, 0) is 0 Å². The molecule has 17 heavy (non-hydrogen) atoms. The highest BCUT2D eigenvalue weighted by Crippen LogP contribution is 2.31. The van der Waals surface area contributed by atoms with E-state index < -0.39 is 0 Å². The Labute approximate surface area is 104 Å². The summed E-state index contributed by atoms with van der Waals surface area (Å²) in [6, 6.07) is 8.23. The fraction of sp³-hybridized carbons (Fsp3) is 0.571. The van der Waals surface area contributed by atoms with Gasteiger partial charge in [-0.2, -0.15) is 0 Å². The lowest BCUT2D eigenvalue weighted by molar-refractivity contribution is 0.234. The maximum atomic E-state index is 5.83. The van der Waals surface area contributed by atoms with Gasteiger partial charge in [0.2, 0.25) is 0 Å². The summed E-state index contributed by atoms with van der Waals surface area (Å²) >= 11 is 0. The summed E-state index contributed by atoms with van der Waals surface area (Å²) < 4.78 is 5.83.